The number of carbonyl (C=O) groups excluding carboxylic acids is 3. The summed E-state index contributed by atoms with van der Waals surface area (Å²) in [7, 11) is 0. The summed E-state index contributed by atoms with van der Waals surface area (Å²) < 4.78 is 5.58. The number of rotatable bonds is 9. The van der Waals surface area contributed by atoms with Gasteiger partial charge in [-0.1, -0.05) is 48.2 Å². The van der Waals surface area contributed by atoms with Crippen LogP contribution < -0.4 is 10.6 Å². The molecule has 2 aliphatic rings. The number of thioether (sulfide) groups is 1. The highest BCUT2D eigenvalue weighted by molar-refractivity contribution is 8.00. The van der Waals surface area contributed by atoms with Crippen LogP contribution >= 0.6 is 35.0 Å². The van der Waals surface area contributed by atoms with E-state index in [9.17, 15) is 24.3 Å². The van der Waals surface area contributed by atoms with Gasteiger partial charge in [0.05, 0.1) is 15.6 Å². The number of benzene rings is 1. The van der Waals surface area contributed by atoms with E-state index in [-0.39, 0.29) is 27.3 Å². The fourth-order valence-corrected chi connectivity index (χ4v) is 7.44. The highest BCUT2D eigenvalue weighted by Crippen LogP contribution is 2.38. The van der Waals surface area contributed by atoms with Gasteiger partial charge in [-0.15, -0.1) is 0 Å². The smallest absolute Gasteiger partial charge is 0.411 e. The van der Waals surface area contributed by atoms with Crippen LogP contribution in [0.2, 0.25) is 10.0 Å². The largest absolute Gasteiger partial charge is 0.480 e. The molecule has 1 aliphatic carbocycles. The van der Waals surface area contributed by atoms with Crippen LogP contribution in [0, 0.1) is 0 Å². The van der Waals surface area contributed by atoms with Crippen molar-refractivity contribution in [3.05, 3.63) is 57.8 Å². The van der Waals surface area contributed by atoms with Crippen molar-refractivity contribution in [3.8, 4) is 0 Å². The Morgan fingerprint density at radius 2 is 1.70 bits per heavy atom. The maximum atomic E-state index is 13.5. The molecule has 13 heteroatoms. The Hall–Kier alpha value is -3.02. The molecule has 1 aromatic carbocycles. The first kappa shape index (κ1) is 32.9. The van der Waals surface area contributed by atoms with E-state index in [1.165, 1.54) is 30.1 Å². The normalized spacial score (nSPS) is 19.6. The fraction of sp³-hybridized carbons (Fsp3) is 0.500. The average Bonchev–Trinajstić information content (AvgIpc) is 3.59. The maximum absolute atomic E-state index is 13.5. The summed E-state index contributed by atoms with van der Waals surface area (Å²) in [5.41, 5.74) is 0.419. The third-order valence-corrected chi connectivity index (χ3v) is 9.38. The topological polar surface area (TPSA) is 138 Å². The molecule has 0 radical (unpaired) electrons. The summed E-state index contributed by atoms with van der Waals surface area (Å²) in [6.45, 7) is 5.67. The second kappa shape index (κ2) is 14.2. The minimum Gasteiger partial charge on any atom is -0.480 e. The van der Waals surface area contributed by atoms with Crippen LogP contribution in [-0.2, 0) is 20.7 Å². The molecular formula is C30H36Cl2N4O6S. The molecule has 2 fully saturated rings. The number of pyridine rings is 1. The van der Waals surface area contributed by atoms with Gasteiger partial charge in [0, 0.05) is 41.5 Å². The first-order valence-electron chi connectivity index (χ1n) is 14.2. The van der Waals surface area contributed by atoms with E-state index < -0.39 is 41.6 Å². The third kappa shape index (κ3) is 9.00. The molecule has 232 valence electrons. The zero-order chi connectivity index (χ0) is 31.3. The minimum absolute atomic E-state index is 0.00325. The lowest BCUT2D eigenvalue weighted by atomic mass is 10.0. The molecule has 2 heterocycles. The van der Waals surface area contributed by atoms with E-state index in [0.29, 0.717) is 29.5 Å². The van der Waals surface area contributed by atoms with Crippen molar-refractivity contribution in [1.29, 1.82) is 0 Å². The molecule has 10 nitrogen and oxygen atoms in total. The van der Waals surface area contributed by atoms with Crippen LogP contribution in [0.15, 0.2) is 36.7 Å². The number of hydrogen-bond donors (Lipinski definition) is 3. The van der Waals surface area contributed by atoms with E-state index in [4.69, 9.17) is 27.9 Å². The number of anilines is 1. The number of amides is 3. The van der Waals surface area contributed by atoms with Crippen LogP contribution in [0.25, 0.3) is 0 Å². The second-order valence-corrected chi connectivity index (χ2v) is 14.2. The SMILES string of the molecule is CC(C)(C)OC(=O)N1C[C@H](SC2CCCC2)C[C@H]1C(=O)N[C@@H](Cc1ccc(NC(=O)c2c(Cl)cncc2Cl)cc1)C(=O)O. The summed E-state index contributed by atoms with van der Waals surface area (Å²) in [4.78, 5) is 56.6. The molecule has 43 heavy (non-hydrogen) atoms. The van der Waals surface area contributed by atoms with Crippen molar-refractivity contribution in [2.45, 2.75) is 87.5 Å². The predicted octanol–water partition coefficient (Wildman–Crippen LogP) is 5.81. The summed E-state index contributed by atoms with van der Waals surface area (Å²) in [5.74, 6) is -2.24. The zero-order valence-corrected chi connectivity index (χ0v) is 26.6. The molecule has 3 atom stereocenters. The highest BCUT2D eigenvalue weighted by atomic mass is 35.5. The number of carbonyl (C=O) groups is 4. The number of hydrogen-bond acceptors (Lipinski definition) is 7. The number of nitrogens with one attached hydrogen (secondary N) is 2. The summed E-state index contributed by atoms with van der Waals surface area (Å²) >= 11 is 13.9. The Kier molecular flexibility index (Phi) is 10.8. The molecule has 1 aromatic heterocycles. The van der Waals surface area contributed by atoms with E-state index in [0.717, 1.165) is 12.8 Å². The number of likely N-dealkylation sites (tertiary alicyclic amines) is 1. The van der Waals surface area contributed by atoms with Gasteiger partial charge in [0.1, 0.15) is 17.7 Å². The average molecular weight is 652 g/mol. The molecule has 1 saturated heterocycles. The molecule has 0 bridgehead atoms. The number of carboxylic acids is 1. The van der Waals surface area contributed by atoms with E-state index in [1.807, 2.05) is 11.8 Å². The van der Waals surface area contributed by atoms with Crippen LogP contribution in [0.5, 0.6) is 0 Å². The molecule has 0 spiro atoms. The monoisotopic (exact) mass is 650 g/mol. The van der Waals surface area contributed by atoms with Gasteiger partial charge in [-0.3, -0.25) is 19.5 Å². The van der Waals surface area contributed by atoms with Crippen molar-refractivity contribution in [3.63, 3.8) is 0 Å². The van der Waals surface area contributed by atoms with Gasteiger partial charge in [0.25, 0.3) is 5.91 Å². The van der Waals surface area contributed by atoms with Crippen molar-refractivity contribution in [1.82, 2.24) is 15.2 Å². The number of ether oxygens (including phenoxy) is 1. The van der Waals surface area contributed by atoms with Crippen molar-refractivity contribution in [2.24, 2.45) is 0 Å². The first-order valence-corrected chi connectivity index (χ1v) is 15.9. The lowest BCUT2D eigenvalue weighted by Gasteiger charge is -2.28. The highest BCUT2D eigenvalue weighted by Gasteiger charge is 2.43. The Labute approximate surface area is 265 Å². The van der Waals surface area contributed by atoms with Gasteiger partial charge in [-0.25, -0.2) is 9.59 Å². The lowest BCUT2D eigenvalue weighted by Crippen LogP contribution is -2.52. The third-order valence-electron chi connectivity index (χ3n) is 7.23. The van der Waals surface area contributed by atoms with Crippen molar-refractivity contribution < 1.29 is 29.0 Å². The number of halogens is 2. The van der Waals surface area contributed by atoms with Gasteiger partial charge in [-0.05, 0) is 57.7 Å². The molecule has 0 unspecified atom stereocenters. The minimum atomic E-state index is -1.23. The van der Waals surface area contributed by atoms with Gasteiger partial charge in [0.2, 0.25) is 5.91 Å². The summed E-state index contributed by atoms with van der Waals surface area (Å²) in [5, 5.41) is 16.1. The van der Waals surface area contributed by atoms with Gasteiger partial charge in [0.15, 0.2) is 0 Å². The molecule has 2 aromatic rings. The van der Waals surface area contributed by atoms with Crippen LogP contribution in [0.3, 0.4) is 0 Å². The van der Waals surface area contributed by atoms with Crippen LogP contribution in [0.4, 0.5) is 10.5 Å². The van der Waals surface area contributed by atoms with E-state index in [2.05, 4.69) is 15.6 Å². The standard InChI is InChI=1S/C30H36Cl2N4O6S/c1-30(2,3)42-29(41)36-16-20(43-19-6-4-5-7-19)13-24(36)26(37)35-23(28(39)40)12-17-8-10-18(11-9-17)34-27(38)25-21(31)14-33-15-22(25)32/h8-11,14-15,19-20,23-24H,4-7,12-13,16H2,1-3H3,(H,34,38)(H,35,37)(H,39,40)/t20-,23+,24+/m1/s1. The number of aromatic nitrogens is 1. The maximum Gasteiger partial charge on any atom is 0.411 e. The van der Waals surface area contributed by atoms with Crippen LogP contribution in [-0.4, -0.2) is 73.6 Å². The Bertz CT molecular complexity index is 1330. The predicted molar refractivity (Wildman–Crippen MR) is 167 cm³/mol. The van der Waals surface area contributed by atoms with Crippen molar-refractivity contribution in [2.75, 3.05) is 11.9 Å². The van der Waals surface area contributed by atoms with E-state index >= 15 is 0 Å². The Morgan fingerprint density at radius 1 is 1.07 bits per heavy atom. The second-order valence-electron chi connectivity index (χ2n) is 11.8. The molecule has 3 amide bonds. The molecule has 4 rings (SSSR count). The lowest BCUT2D eigenvalue weighted by molar-refractivity contribution is -0.142. The van der Waals surface area contributed by atoms with Gasteiger partial charge < -0.3 is 20.5 Å². The van der Waals surface area contributed by atoms with Crippen LogP contribution in [0.1, 0.15) is 68.8 Å². The fourth-order valence-electron chi connectivity index (χ4n) is 5.21. The molecule has 1 saturated carbocycles. The van der Waals surface area contributed by atoms with E-state index in [1.54, 1.807) is 45.0 Å². The first-order chi connectivity index (χ1) is 20.3. The number of carboxylic acid groups (broad SMARTS) is 1. The zero-order valence-electron chi connectivity index (χ0n) is 24.3. The van der Waals surface area contributed by atoms with Gasteiger partial charge >= 0.3 is 12.1 Å². The molecule has 3 N–H and O–H groups in total. The molecular weight excluding hydrogens is 615 g/mol. The van der Waals surface area contributed by atoms with Gasteiger partial charge in [-0.2, -0.15) is 11.8 Å². The summed E-state index contributed by atoms with van der Waals surface area (Å²) in [6, 6.07) is 4.48. The number of aliphatic carboxylic acids is 1. The quantitative estimate of drug-likeness (QED) is 0.309. The number of nitrogens with zero attached hydrogens (tertiary/aromatic N) is 2. The van der Waals surface area contributed by atoms with Crippen molar-refractivity contribution >= 4 is 64.5 Å². The summed E-state index contributed by atoms with van der Waals surface area (Å²) in [6.07, 6.45) is 7.10. The Morgan fingerprint density at radius 3 is 2.28 bits per heavy atom. The Balaban J connectivity index is 1.41. The molecule has 1 aliphatic heterocycles.